The van der Waals surface area contributed by atoms with Crippen molar-refractivity contribution < 1.29 is 28.8 Å². The van der Waals surface area contributed by atoms with E-state index in [1.165, 1.54) is 18.2 Å². The molecular weight excluding hydrogens is 1600 g/mol. The van der Waals surface area contributed by atoms with Crippen LogP contribution in [0.1, 0.15) is 94.4 Å². The lowest BCUT2D eigenvalue weighted by atomic mass is 10.0. The Kier molecular flexibility index (Phi) is 29.8. The first-order valence-corrected chi connectivity index (χ1v) is 41.6. The van der Waals surface area contributed by atoms with Crippen molar-refractivity contribution >= 4 is 114 Å². The largest absolute Gasteiger partial charge is 0.360 e. The zero-order valence-electron chi connectivity index (χ0n) is 71.9. The summed E-state index contributed by atoms with van der Waals surface area (Å²) >= 11 is 6.52. The molecule has 0 aliphatic carbocycles. The number of carbonyl (C=O) groups is 6. The minimum atomic E-state index is -0.252. The van der Waals surface area contributed by atoms with Gasteiger partial charge in [0.15, 0.2) is 0 Å². The van der Waals surface area contributed by atoms with E-state index in [2.05, 4.69) is 93.0 Å². The summed E-state index contributed by atoms with van der Waals surface area (Å²) in [7, 11) is 11.6. The van der Waals surface area contributed by atoms with Gasteiger partial charge in [-0.05, 0) is 230 Å². The Hall–Kier alpha value is -15.0. The van der Waals surface area contributed by atoms with E-state index >= 15 is 0 Å². The van der Waals surface area contributed by atoms with Gasteiger partial charge in [0.25, 0.3) is 17.7 Å². The Morgan fingerprint density at radius 2 is 0.762 bits per heavy atom. The molecule has 0 atom stereocenters. The van der Waals surface area contributed by atoms with Crippen LogP contribution in [0.4, 0.5) is 34.1 Å². The summed E-state index contributed by atoms with van der Waals surface area (Å²) in [5, 5.41) is 21.1. The zero-order valence-corrected chi connectivity index (χ0v) is 72.6. The lowest BCUT2D eigenvalue weighted by Crippen LogP contribution is -2.14. The highest BCUT2D eigenvalue weighted by Crippen LogP contribution is 2.35. The average molecular weight is 1700 g/mol. The quantitative estimate of drug-likeness (QED) is 0.0206. The van der Waals surface area contributed by atoms with Crippen molar-refractivity contribution in [2.45, 2.75) is 53.4 Å². The van der Waals surface area contributed by atoms with E-state index in [-0.39, 0.29) is 35.4 Å². The van der Waals surface area contributed by atoms with E-state index in [9.17, 15) is 28.8 Å². The highest BCUT2D eigenvalue weighted by Gasteiger charge is 2.20. The van der Waals surface area contributed by atoms with Crippen LogP contribution in [0.3, 0.4) is 0 Å². The molecule has 0 spiro atoms. The van der Waals surface area contributed by atoms with Gasteiger partial charge >= 0.3 is 0 Å². The fourth-order valence-electron chi connectivity index (χ4n) is 13.9. The Labute approximate surface area is 736 Å². The van der Waals surface area contributed by atoms with Gasteiger partial charge in [0.1, 0.15) is 17.5 Å². The second-order valence-corrected chi connectivity index (χ2v) is 31.5. The summed E-state index contributed by atoms with van der Waals surface area (Å²) in [6.45, 7) is 10.1. The summed E-state index contributed by atoms with van der Waals surface area (Å²) in [6.07, 6.45) is 23.5. The first-order valence-electron chi connectivity index (χ1n) is 41.2. The SMILES string of the molecule is CCc1cnc(Cc2cccc(NC(=O)c3ccc(NC(=O)/C=C/CN(C)C)cc3)c2)nc1-c1c[nH]c2ccccc12.Cc1ccc(Cc2ncc(C)c(-c3c[nH]c4ccccc34)n2)cc1NC(=O)c1ccc(NC(=O)/C=C/CN(C)C)cc1.Cc1ccc(NC(=O)c2ccc(NC(=O)/C=C/CN(C)C)cc2)cc1Cc1ncc(Cl)c(-c2c[nH]c3ccccc23)n1. The lowest BCUT2D eigenvalue weighted by Gasteiger charge is -2.12. The van der Waals surface area contributed by atoms with Crippen LogP contribution in [0, 0.1) is 20.8 Å². The number of rotatable bonds is 28. The molecule has 0 radical (unpaired) electrons. The van der Waals surface area contributed by atoms with Gasteiger partial charge in [0.2, 0.25) is 17.7 Å². The van der Waals surface area contributed by atoms with Crippen molar-refractivity contribution in [3.63, 3.8) is 0 Å². The summed E-state index contributed by atoms with van der Waals surface area (Å²) in [5.74, 6) is 0.674. The minimum absolute atomic E-state index is 0.215. The number of halogens is 1. The number of hydrogen-bond donors (Lipinski definition) is 9. The van der Waals surface area contributed by atoms with Crippen molar-refractivity contribution in [3.05, 3.63) is 358 Å². The number of hydrogen-bond acceptors (Lipinski definition) is 15. The molecule has 6 heterocycles. The summed E-state index contributed by atoms with van der Waals surface area (Å²) in [4.78, 5) is 119. The first-order chi connectivity index (χ1) is 60.9. The van der Waals surface area contributed by atoms with E-state index < -0.39 is 0 Å². The minimum Gasteiger partial charge on any atom is -0.360 e. The van der Waals surface area contributed by atoms with Crippen molar-refractivity contribution in [2.24, 2.45) is 0 Å². The number of aromatic amines is 3. The molecule has 6 aromatic heterocycles. The maximum atomic E-state index is 13.1. The number of H-pyrrole nitrogens is 3. The third-order valence-electron chi connectivity index (χ3n) is 20.5. The van der Waals surface area contributed by atoms with Gasteiger partial charge < -0.3 is 61.6 Å². The maximum absolute atomic E-state index is 13.1. The Balaban J connectivity index is 0.000000162. The standard InChI is InChI=1S/2C34H34N6O2.C33H31ClN6O2/c1-22-11-12-24(19-31-36-20-23(2)33(39-31)28-21-35-29-9-6-5-8-27(28)29)18-30(22)38-34(42)25-13-15-26(16-14-25)37-32(41)10-7-17-40(3)4;1-4-24-21-36-31(39-33(24)29-22-35-30-12-6-5-11-28(29)30)20-23-9-7-10-27(19-23)38-34(42)25-14-16-26(17-15-25)37-32(41)13-8-18-40(2)3;1-21-10-13-25(38-33(42)22-11-14-24(15-12-22)37-31(41)9-6-16-40(2)3)17-23(21)18-30-36-20-28(34)32(39-30)27-19-35-29-8-5-4-7-26(27)29/h5-16,18,20-21,35H,17,19H2,1-4H3,(H,37,41)(H,38,42);5-17,19,21-22,35H,4,18,20H2,1-3H3,(H,37,41)(H,38,42);4-15,17,19-20,35H,16,18H2,1-3H3,(H,37,41)(H,38,42)/b10-7+;13-8+;9-6+. The van der Waals surface area contributed by atoms with E-state index in [0.29, 0.717) is 112 Å². The number of aryl methyl sites for hydroxylation is 4. The Bertz CT molecular complexity index is 6530. The molecule has 15 aromatic rings. The van der Waals surface area contributed by atoms with Gasteiger partial charge in [0.05, 0.1) is 22.1 Å². The van der Waals surface area contributed by atoms with Gasteiger partial charge in [0, 0.05) is 195 Å². The van der Waals surface area contributed by atoms with E-state index in [1.807, 2.05) is 218 Å². The number of benzene rings is 9. The van der Waals surface area contributed by atoms with Gasteiger partial charge in [-0.25, -0.2) is 29.9 Å². The second-order valence-electron chi connectivity index (χ2n) is 31.1. The number of carbonyl (C=O) groups excluding carboxylic acids is 6. The first kappa shape index (κ1) is 88.8. The fraction of sp³-hybridized carbons (Fsp3) is 0.168. The molecule has 126 heavy (non-hydrogen) atoms. The van der Waals surface area contributed by atoms with Crippen LogP contribution in [-0.4, -0.2) is 157 Å². The third kappa shape index (κ3) is 24.1. The Morgan fingerprint density at radius 1 is 0.365 bits per heavy atom. The van der Waals surface area contributed by atoms with E-state index in [1.54, 1.807) is 97.2 Å². The molecule has 0 saturated heterocycles. The number of amides is 6. The predicted octanol–water partition coefficient (Wildman–Crippen LogP) is 18.7. The molecule has 0 aliphatic rings. The molecule has 9 N–H and O–H groups in total. The van der Waals surface area contributed by atoms with Gasteiger partial charge in [-0.15, -0.1) is 0 Å². The van der Waals surface area contributed by atoms with Crippen LogP contribution in [0.15, 0.2) is 280 Å². The number of anilines is 6. The number of para-hydroxylation sites is 3. The van der Waals surface area contributed by atoms with Gasteiger partial charge in [-0.3, -0.25) is 28.8 Å². The van der Waals surface area contributed by atoms with Crippen LogP contribution in [0.25, 0.3) is 66.5 Å². The normalized spacial score (nSPS) is 11.3. The molecule has 0 unspecified atom stereocenters. The fourth-order valence-corrected chi connectivity index (χ4v) is 14.1. The molecule has 9 aromatic carbocycles. The van der Waals surface area contributed by atoms with E-state index in [0.717, 1.165) is 112 Å². The second kappa shape index (κ2) is 42.2. The molecule has 0 aliphatic heterocycles. The highest BCUT2D eigenvalue weighted by molar-refractivity contribution is 6.33. The molecule has 0 saturated carbocycles. The van der Waals surface area contributed by atoms with Crippen LogP contribution < -0.4 is 31.9 Å². The van der Waals surface area contributed by atoms with Gasteiger partial charge in [-0.1, -0.05) is 122 Å². The van der Waals surface area contributed by atoms with Crippen LogP contribution in [0.2, 0.25) is 5.02 Å². The number of aromatic nitrogens is 9. The van der Waals surface area contributed by atoms with Crippen molar-refractivity contribution in [3.8, 4) is 33.8 Å². The maximum Gasteiger partial charge on any atom is 0.255 e. The van der Waals surface area contributed by atoms with Crippen LogP contribution in [0.5, 0.6) is 0 Å². The number of nitrogens with zero attached hydrogens (tertiary/aromatic N) is 9. The topological polar surface area (TPSA) is 309 Å². The number of likely N-dealkylation sites (N-methyl/N-ethyl adjacent to an activating group) is 3. The van der Waals surface area contributed by atoms with Crippen LogP contribution >= 0.6 is 11.6 Å². The van der Waals surface area contributed by atoms with Gasteiger partial charge in [-0.2, -0.15) is 0 Å². The molecule has 24 nitrogen and oxygen atoms in total. The summed E-state index contributed by atoms with van der Waals surface area (Å²) in [6, 6.07) is 64.2. The highest BCUT2D eigenvalue weighted by atomic mass is 35.5. The lowest BCUT2D eigenvalue weighted by molar-refractivity contribution is -0.112. The molecule has 0 bridgehead atoms. The Morgan fingerprint density at radius 3 is 1.25 bits per heavy atom. The molecule has 6 amide bonds. The monoisotopic (exact) mass is 1690 g/mol. The van der Waals surface area contributed by atoms with Crippen molar-refractivity contribution in [2.75, 3.05) is 93.8 Å². The zero-order chi connectivity index (χ0) is 88.8. The van der Waals surface area contributed by atoms with Crippen molar-refractivity contribution in [1.82, 2.24) is 59.6 Å². The average Bonchev–Trinajstić information content (AvgIpc) is 1.64. The molecule has 636 valence electrons. The van der Waals surface area contributed by atoms with Crippen molar-refractivity contribution in [1.29, 1.82) is 0 Å². The van der Waals surface area contributed by atoms with E-state index in [4.69, 9.17) is 26.6 Å². The number of nitrogens with one attached hydrogen (secondary N) is 9. The van der Waals surface area contributed by atoms with Crippen LogP contribution in [-0.2, 0) is 40.1 Å². The summed E-state index contributed by atoms with van der Waals surface area (Å²) < 4.78 is 0. The predicted molar refractivity (Wildman–Crippen MR) is 506 cm³/mol. The third-order valence-corrected chi connectivity index (χ3v) is 20.8. The molecular formula is C101H99ClN18O6. The molecule has 25 heteroatoms. The summed E-state index contributed by atoms with van der Waals surface area (Å²) in [5.41, 5.74) is 21.2. The smallest absolute Gasteiger partial charge is 0.255 e. The number of fused-ring (bicyclic) bond motifs is 3. The molecule has 0 fully saturated rings. The molecule has 15 rings (SSSR count).